The summed E-state index contributed by atoms with van der Waals surface area (Å²) in [6, 6.07) is 17.6. The quantitative estimate of drug-likeness (QED) is 0.0572. The van der Waals surface area contributed by atoms with E-state index in [-0.39, 0.29) is 25.0 Å². The molecule has 0 bridgehead atoms. The van der Waals surface area contributed by atoms with E-state index in [1.807, 2.05) is 0 Å². The van der Waals surface area contributed by atoms with Crippen LogP contribution >= 0.6 is 12.6 Å². The van der Waals surface area contributed by atoms with Crippen LogP contribution in [0.3, 0.4) is 0 Å². The lowest BCUT2D eigenvalue weighted by Gasteiger charge is -2.27. The van der Waals surface area contributed by atoms with Gasteiger partial charge in [-0.25, -0.2) is 4.79 Å². The average molecular weight is 779 g/mol. The maximum absolute atomic E-state index is 13.9. The van der Waals surface area contributed by atoms with E-state index in [1.54, 1.807) is 91.0 Å². The number of aliphatic hydroxyl groups excluding tert-OH is 1. The van der Waals surface area contributed by atoms with Gasteiger partial charge in [-0.3, -0.25) is 28.8 Å². The van der Waals surface area contributed by atoms with Gasteiger partial charge in [0, 0.05) is 25.0 Å². The molecule has 0 aliphatic rings. The van der Waals surface area contributed by atoms with Gasteiger partial charge in [0.25, 0.3) is 0 Å². The Labute approximate surface area is 323 Å². The number of rotatable bonds is 22. The molecule has 0 radical (unpaired) electrons. The van der Waals surface area contributed by atoms with Gasteiger partial charge in [0.05, 0.1) is 12.6 Å². The Balaban J connectivity index is 1.83. The molecular weight excluding hydrogens is 733 g/mol. The highest BCUT2D eigenvalue weighted by molar-refractivity contribution is 7.80. The van der Waals surface area contributed by atoms with Crippen molar-refractivity contribution < 1.29 is 48.9 Å². The van der Waals surface area contributed by atoms with Crippen LogP contribution in [0.25, 0.3) is 0 Å². The SMILES string of the molecule is N[C@@H](Cc1ccccc1)C(=O)N[C@@H](CO)C(=O)N[C@@H](Cc1ccccc1)C(=O)N[C@@H](CCC(=O)O)C(=O)N[C@@H](Cc1ccccc1)C(=O)N[C@@H](CS)C(=O)O. The molecule has 0 saturated heterocycles. The summed E-state index contributed by atoms with van der Waals surface area (Å²) in [6.07, 6.45) is -1.07. The van der Waals surface area contributed by atoms with Crippen molar-refractivity contribution in [1.29, 1.82) is 0 Å². The third-order valence-electron chi connectivity index (χ3n) is 8.36. The number of carbonyl (C=O) groups excluding carboxylic acids is 5. The molecule has 294 valence electrons. The van der Waals surface area contributed by atoms with Crippen molar-refractivity contribution in [3.05, 3.63) is 108 Å². The van der Waals surface area contributed by atoms with Gasteiger partial charge < -0.3 is 47.6 Å². The van der Waals surface area contributed by atoms with Crippen LogP contribution in [0.1, 0.15) is 29.5 Å². The predicted molar refractivity (Wildman–Crippen MR) is 204 cm³/mol. The van der Waals surface area contributed by atoms with Crippen molar-refractivity contribution in [3.63, 3.8) is 0 Å². The molecule has 10 N–H and O–H groups in total. The van der Waals surface area contributed by atoms with Gasteiger partial charge in [0.2, 0.25) is 29.5 Å². The lowest BCUT2D eigenvalue weighted by Crippen LogP contribution is -2.60. The van der Waals surface area contributed by atoms with Crippen LogP contribution in [-0.4, -0.2) is 105 Å². The second kappa shape index (κ2) is 22.4. The number of carboxylic acid groups (broad SMARTS) is 2. The molecule has 0 unspecified atom stereocenters. The van der Waals surface area contributed by atoms with Crippen LogP contribution in [0, 0.1) is 0 Å². The normalized spacial score (nSPS) is 14.1. The number of aliphatic carboxylic acids is 2. The number of hydrogen-bond acceptors (Lipinski definition) is 10. The number of carbonyl (C=O) groups is 7. The Morgan fingerprint density at radius 3 is 1.29 bits per heavy atom. The monoisotopic (exact) mass is 778 g/mol. The number of amides is 5. The van der Waals surface area contributed by atoms with Crippen molar-refractivity contribution in [1.82, 2.24) is 26.6 Å². The van der Waals surface area contributed by atoms with Crippen LogP contribution in [0.15, 0.2) is 91.0 Å². The number of hydrogen-bond donors (Lipinski definition) is 10. The summed E-state index contributed by atoms with van der Waals surface area (Å²) in [5, 5.41) is 41.1. The summed E-state index contributed by atoms with van der Waals surface area (Å²) >= 11 is 3.97. The molecule has 6 atom stereocenters. The van der Waals surface area contributed by atoms with E-state index in [4.69, 9.17) is 5.73 Å². The Hall–Kier alpha value is -5.78. The number of thiol groups is 1. The van der Waals surface area contributed by atoms with Crippen LogP contribution in [0.5, 0.6) is 0 Å². The van der Waals surface area contributed by atoms with Gasteiger partial charge in [-0.2, -0.15) is 12.6 Å². The zero-order valence-electron chi connectivity index (χ0n) is 29.8. The van der Waals surface area contributed by atoms with Gasteiger partial charge in [-0.1, -0.05) is 91.0 Å². The first-order valence-electron chi connectivity index (χ1n) is 17.4. The largest absolute Gasteiger partial charge is 0.481 e. The van der Waals surface area contributed by atoms with Crippen molar-refractivity contribution in [2.45, 2.75) is 68.4 Å². The van der Waals surface area contributed by atoms with E-state index in [0.29, 0.717) is 11.1 Å². The standard InChI is InChI=1S/C38H46N6O10S/c39-26(18-23-10-4-1-5-11-23)33(48)43-30(21-45)37(52)42-28(19-24-12-6-2-7-13-24)35(50)40-27(16-17-32(46)47)34(49)41-29(20-25-14-8-3-9-15-25)36(51)44-31(22-55)38(53)54/h1-15,26-31,45,55H,16-22,39H2,(H,40,50)(H,41,49)(H,42,52)(H,43,48)(H,44,51)(H,46,47)(H,53,54)/t26-,27-,28-,29-,30-,31-/m0/s1. The minimum atomic E-state index is -1.55. The maximum atomic E-state index is 13.9. The summed E-state index contributed by atoms with van der Waals surface area (Å²) in [5.41, 5.74) is 8.01. The minimum Gasteiger partial charge on any atom is -0.481 e. The minimum absolute atomic E-state index is 0.0904. The van der Waals surface area contributed by atoms with Crippen LogP contribution in [-0.2, 0) is 52.8 Å². The fraction of sp³-hybridized carbons (Fsp3) is 0.342. The summed E-state index contributed by atoms with van der Waals surface area (Å²) in [4.78, 5) is 90.4. The molecule has 16 nitrogen and oxygen atoms in total. The van der Waals surface area contributed by atoms with Crippen LogP contribution in [0.2, 0.25) is 0 Å². The highest BCUT2D eigenvalue weighted by Gasteiger charge is 2.33. The van der Waals surface area contributed by atoms with E-state index in [0.717, 1.165) is 5.56 Å². The molecular formula is C38H46N6O10S. The molecule has 0 spiro atoms. The molecule has 0 aromatic heterocycles. The molecule has 3 rings (SSSR count). The van der Waals surface area contributed by atoms with Gasteiger partial charge >= 0.3 is 11.9 Å². The molecule has 0 aliphatic heterocycles. The summed E-state index contributed by atoms with van der Waals surface area (Å²) < 4.78 is 0. The van der Waals surface area contributed by atoms with Crippen molar-refractivity contribution in [3.8, 4) is 0 Å². The average Bonchev–Trinajstić information content (AvgIpc) is 3.17. The second-order valence-electron chi connectivity index (χ2n) is 12.6. The van der Waals surface area contributed by atoms with E-state index in [9.17, 15) is 48.9 Å². The van der Waals surface area contributed by atoms with E-state index in [1.165, 1.54) is 0 Å². The molecule has 3 aromatic rings. The molecule has 0 saturated carbocycles. The maximum Gasteiger partial charge on any atom is 0.327 e. The van der Waals surface area contributed by atoms with Crippen molar-refractivity contribution in [2.75, 3.05) is 12.4 Å². The van der Waals surface area contributed by atoms with Gasteiger partial charge in [-0.15, -0.1) is 0 Å². The van der Waals surface area contributed by atoms with E-state index >= 15 is 0 Å². The number of nitrogens with two attached hydrogens (primary N) is 1. The van der Waals surface area contributed by atoms with E-state index in [2.05, 4.69) is 39.2 Å². The second-order valence-corrected chi connectivity index (χ2v) is 13.0. The van der Waals surface area contributed by atoms with Crippen molar-refractivity contribution >= 4 is 54.1 Å². The molecule has 5 amide bonds. The number of nitrogens with one attached hydrogen (secondary N) is 5. The molecule has 55 heavy (non-hydrogen) atoms. The summed E-state index contributed by atoms with van der Waals surface area (Å²) in [6.45, 7) is -0.847. The lowest BCUT2D eigenvalue weighted by atomic mass is 10.0. The predicted octanol–water partition coefficient (Wildman–Crippen LogP) is -0.663. The molecule has 3 aromatic carbocycles. The lowest BCUT2D eigenvalue weighted by molar-refractivity contribution is -0.141. The first kappa shape index (κ1) is 43.6. The van der Waals surface area contributed by atoms with Crippen molar-refractivity contribution in [2.24, 2.45) is 5.73 Å². The zero-order valence-corrected chi connectivity index (χ0v) is 30.7. The number of carboxylic acids is 2. The van der Waals surface area contributed by atoms with E-state index < -0.39 is 97.2 Å². The summed E-state index contributed by atoms with van der Waals surface area (Å²) in [5.74, 6) is -7.31. The molecule has 0 aliphatic carbocycles. The first-order chi connectivity index (χ1) is 26.3. The smallest absolute Gasteiger partial charge is 0.327 e. The van der Waals surface area contributed by atoms with Gasteiger partial charge in [0.15, 0.2) is 0 Å². The highest BCUT2D eigenvalue weighted by atomic mass is 32.1. The zero-order chi connectivity index (χ0) is 40.3. The molecule has 17 heteroatoms. The number of benzene rings is 3. The fourth-order valence-corrected chi connectivity index (χ4v) is 5.61. The van der Waals surface area contributed by atoms with Gasteiger partial charge in [0.1, 0.15) is 30.2 Å². The molecule has 0 fully saturated rings. The Morgan fingerprint density at radius 1 is 0.527 bits per heavy atom. The Bertz CT molecular complexity index is 1750. The van der Waals surface area contributed by atoms with Crippen LogP contribution < -0.4 is 32.3 Å². The topological polar surface area (TPSA) is 266 Å². The van der Waals surface area contributed by atoms with Crippen LogP contribution in [0.4, 0.5) is 0 Å². The third kappa shape index (κ3) is 14.9. The Kier molecular flexibility index (Phi) is 17.8. The highest BCUT2D eigenvalue weighted by Crippen LogP contribution is 2.09. The molecule has 0 heterocycles. The first-order valence-corrected chi connectivity index (χ1v) is 18.0. The Morgan fingerprint density at radius 2 is 0.891 bits per heavy atom. The third-order valence-corrected chi connectivity index (χ3v) is 8.72. The number of aliphatic hydroxyl groups is 1. The van der Waals surface area contributed by atoms with Gasteiger partial charge in [-0.05, 0) is 29.5 Å². The fourth-order valence-electron chi connectivity index (χ4n) is 5.36. The summed E-state index contributed by atoms with van der Waals surface area (Å²) in [7, 11) is 0.